The van der Waals surface area contributed by atoms with Crippen molar-refractivity contribution in [3.63, 3.8) is 0 Å². The second kappa shape index (κ2) is 6.11. The molecule has 1 atom stereocenters. The van der Waals surface area contributed by atoms with E-state index in [-0.39, 0.29) is 6.23 Å². The normalized spacial score (nSPS) is 17.6. The van der Waals surface area contributed by atoms with Gasteiger partial charge in [0, 0.05) is 40.9 Å². The molecular weight excluding hydrogens is 308 g/mol. The number of benzene rings is 2. The molecule has 0 aliphatic carbocycles. The average Bonchev–Trinajstić information content (AvgIpc) is 3.25. The molecule has 0 spiro atoms. The minimum atomic E-state index is -0.0437. The van der Waals surface area contributed by atoms with Gasteiger partial charge >= 0.3 is 0 Å². The van der Waals surface area contributed by atoms with Gasteiger partial charge in [-0.25, -0.2) is 0 Å². The van der Waals surface area contributed by atoms with Gasteiger partial charge in [-0.05, 0) is 36.4 Å². The van der Waals surface area contributed by atoms with E-state index in [2.05, 4.69) is 46.0 Å². The van der Waals surface area contributed by atoms with Crippen LogP contribution in [-0.4, -0.2) is 17.7 Å². The van der Waals surface area contributed by atoms with Crippen molar-refractivity contribution in [3.05, 3.63) is 83.6 Å². The van der Waals surface area contributed by atoms with Crippen molar-refractivity contribution in [1.82, 2.24) is 4.57 Å². The maximum Gasteiger partial charge on any atom is 0.158 e. The fourth-order valence-electron chi connectivity index (χ4n) is 2.99. The summed E-state index contributed by atoms with van der Waals surface area (Å²) in [5.74, 6) is 0. The largest absolute Gasteiger partial charge is 0.352 e. The summed E-state index contributed by atoms with van der Waals surface area (Å²) >= 11 is 6.09. The Morgan fingerprint density at radius 3 is 2.61 bits per heavy atom. The Kier molecular flexibility index (Phi) is 3.82. The first-order valence-corrected chi connectivity index (χ1v) is 8.06. The van der Waals surface area contributed by atoms with Crippen LogP contribution in [0.2, 0.25) is 5.02 Å². The lowest BCUT2D eigenvalue weighted by Crippen LogP contribution is -2.22. The fourth-order valence-corrected chi connectivity index (χ4v) is 3.17. The van der Waals surface area contributed by atoms with E-state index in [9.17, 15) is 0 Å². The molecule has 3 nitrogen and oxygen atoms in total. The molecule has 2 heterocycles. The summed E-state index contributed by atoms with van der Waals surface area (Å²) in [6.45, 7) is 1.64. The molecule has 1 fully saturated rings. The van der Waals surface area contributed by atoms with Gasteiger partial charge in [0.25, 0.3) is 0 Å². The Morgan fingerprint density at radius 1 is 0.957 bits per heavy atom. The van der Waals surface area contributed by atoms with E-state index in [1.165, 1.54) is 5.69 Å². The van der Waals surface area contributed by atoms with Crippen LogP contribution in [0, 0.1) is 0 Å². The third-order valence-electron chi connectivity index (χ3n) is 4.09. The fraction of sp³-hybridized carbons (Fsp3) is 0.158. The lowest BCUT2D eigenvalue weighted by atomic mass is 10.2. The molecule has 3 aromatic rings. The van der Waals surface area contributed by atoms with Crippen LogP contribution in [-0.2, 0) is 4.74 Å². The van der Waals surface area contributed by atoms with Gasteiger partial charge in [0.15, 0.2) is 6.23 Å². The Bertz CT molecular complexity index is 800. The molecule has 1 aliphatic rings. The number of ether oxygens (including phenoxy) is 1. The molecular formula is C19H17ClN2O. The lowest BCUT2D eigenvalue weighted by molar-refractivity contribution is 0.114. The Morgan fingerprint density at radius 2 is 1.78 bits per heavy atom. The van der Waals surface area contributed by atoms with Crippen molar-refractivity contribution in [2.24, 2.45) is 0 Å². The summed E-state index contributed by atoms with van der Waals surface area (Å²) in [6.07, 6.45) is 4.11. The molecule has 2 aromatic carbocycles. The summed E-state index contributed by atoms with van der Waals surface area (Å²) in [6, 6.07) is 20.3. The predicted octanol–water partition coefficient (Wildman–Crippen LogP) is 4.67. The molecule has 0 bridgehead atoms. The summed E-state index contributed by atoms with van der Waals surface area (Å²) in [7, 11) is 0. The lowest BCUT2D eigenvalue weighted by Gasteiger charge is -2.24. The van der Waals surface area contributed by atoms with Crippen LogP contribution in [0.4, 0.5) is 5.69 Å². The Hall–Kier alpha value is -2.23. The van der Waals surface area contributed by atoms with E-state index < -0.39 is 0 Å². The van der Waals surface area contributed by atoms with Crippen LogP contribution in [0.15, 0.2) is 73.1 Å². The van der Waals surface area contributed by atoms with E-state index in [4.69, 9.17) is 16.3 Å². The van der Waals surface area contributed by atoms with Crippen molar-refractivity contribution >= 4 is 17.3 Å². The number of aromatic nitrogens is 1. The first-order valence-electron chi connectivity index (χ1n) is 7.68. The molecule has 4 heteroatoms. The number of halogens is 1. The number of hydrogen-bond donors (Lipinski definition) is 0. The van der Waals surface area contributed by atoms with Crippen LogP contribution in [0.25, 0.3) is 5.69 Å². The number of hydrogen-bond acceptors (Lipinski definition) is 2. The summed E-state index contributed by atoms with van der Waals surface area (Å²) in [5, 5.41) is 0.737. The molecule has 23 heavy (non-hydrogen) atoms. The Balaban J connectivity index is 1.63. The van der Waals surface area contributed by atoms with Crippen LogP contribution >= 0.6 is 11.6 Å². The quantitative estimate of drug-likeness (QED) is 0.696. The van der Waals surface area contributed by atoms with E-state index >= 15 is 0 Å². The highest BCUT2D eigenvalue weighted by atomic mass is 35.5. The molecule has 4 rings (SSSR count). The third-order valence-corrected chi connectivity index (χ3v) is 4.32. The molecule has 0 radical (unpaired) electrons. The van der Waals surface area contributed by atoms with Crippen molar-refractivity contribution in [3.8, 4) is 5.69 Å². The standard InChI is InChI=1S/C19H17ClN2O/c20-16-5-4-8-18(13-16)21-10-9-15(14-21)19-22(11-12-23-19)17-6-2-1-3-7-17/h1-10,13-14,19H,11-12H2/t19-/m0/s1. The number of anilines is 1. The van der Waals surface area contributed by atoms with E-state index in [0.29, 0.717) is 0 Å². The van der Waals surface area contributed by atoms with E-state index in [1.807, 2.05) is 36.5 Å². The molecule has 0 amide bonds. The van der Waals surface area contributed by atoms with Crippen LogP contribution in [0.1, 0.15) is 11.8 Å². The van der Waals surface area contributed by atoms with Gasteiger partial charge in [0.2, 0.25) is 0 Å². The van der Waals surface area contributed by atoms with E-state index in [0.717, 1.165) is 29.4 Å². The number of nitrogens with zero attached hydrogens (tertiary/aromatic N) is 2. The van der Waals surface area contributed by atoms with Crippen LogP contribution in [0.5, 0.6) is 0 Å². The summed E-state index contributed by atoms with van der Waals surface area (Å²) in [4.78, 5) is 2.29. The Labute approximate surface area is 140 Å². The van der Waals surface area contributed by atoms with Gasteiger partial charge in [0.1, 0.15) is 0 Å². The molecule has 0 unspecified atom stereocenters. The monoisotopic (exact) mass is 324 g/mol. The van der Waals surface area contributed by atoms with Gasteiger partial charge < -0.3 is 14.2 Å². The van der Waals surface area contributed by atoms with Gasteiger partial charge in [0.05, 0.1) is 6.61 Å². The van der Waals surface area contributed by atoms with Gasteiger partial charge in [-0.1, -0.05) is 35.9 Å². The highest BCUT2D eigenvalue weighted by Gasteiger charge is 2.27. The molecule has 116 valence electrons. The maximum atomic E-state index is 6.09. The molecule has 1 aliphatic heterocycles. The van der Waals surface area contributed by atoms with Crippen LogP contribution in [0.3, 0.4) is 0 Å². The maximum absolute atomic E-state index is 6.09. The first-order chi connectivity index (χ1) is 11.3. The highest BCUT2D eigenvalue weighted by molar-refractivity contribution is 6.30. The van der Waals surface area contributed by atoms with Crippen molar-refractivity contribution < 1.29 is 4.74 Å². The zero-order valence-corrected chi connectivity index (χ0v) is 13.4. The highest BCUT2D eigenvalue weighted by Crippen LogP contribution is 2.32. The van der Waals surface area contributed by atoms with Crippen molar-refractivity contribution in [2.45, 2.75) is 6.23 Å². The summed E-state index contributed by atoms with van der Waals surface area (Å²) < 4.78 is 8.04. The van der Waals surface area contributed by atoms with Gasteiger partial charge in [-0.3, -0.25) is 0 Å². The summed E-state index contributed by atoms with van der Waals surface area (Å²) in [5.41, 5.74) is 3.38. The second-order valence-electron chi connectivity index (χ2n) is 5.58. The molecule has 0 N–H and O–H groups in total. The van der Waals surface area contributed by atoms with Gasteiger partial charge in [-0.15, -0.1) is 0 Å². The zero-order valence-electron chi connectivity index (χ0n) is 12.6. The topological polar surface area (TPSA) is 17.4 Å². The van der Waals surface area contributed by atoms with Crippen LogP contribution < -0.4 is 4.90 Å². The molecule has 1 saturated heterocycles. The predicted molar refractivity (Wildman–Crippen MR) is 93.3 cm³/mol. The minimum absolute atomic E-state index is 0.0437. The number of para-hydroxylation sites is 1. The van der Waals surface area contributed by atoms with E-state index in [1.54, 1.807) is 0 Å². The smallest absolute Gasteiger partial charge is 0.158 e. The zero-order chi connectivity index (χ0) is 15.6. The second-order valence-corrected chi connectivity index (χ2v) is 6.02. The first kappa shape index (κ1) is 14.4. The number of rotatable bonds is 3. The van der Waals surface area contributed by atoms with Crippen molar-refractivity contribution in [2.75, 3.05) is 18.1 Å². The minimum Gasteiger partial charge on any atom is -0.352 e. The molecule has 1 aromatic heterocycles. The molecule has 0 saturated carbocycles. The van der Waals surface area contributed by atoms with Gasteiger partial charge in [-0.2, -0.15) is 0 Å². The third kappa shape index (κ3) is 2.85. The SMILES string of the molecule is Clc1cccc(-n2ccc([C@@H]3OCCN3c3ccccc3)c2)c1. The average molecular weight is 325 g/mol. The van der Waals surface area contributed by atoms with Crippen molar-refractivity contribution in [1.29, 1.82) is 0 Å².